The summed E-state index contributed by atoms with van der Waals surface area (Å²) in [6, 6.07) is 5.99. The van der Waals surface area contributed by atoms with Gasteiger partial charge in [0, 0.05) is 38.0 Å². The van der Waals surface area contributed by atoms with Gasteiger partial charge in [0.15, 0.2) is 0 Å². The molecule has 0 saturated heterocycles. The maximum atomic E-state index is 13.2. The largest absolute Gasteiger partial charge is 0.444 e. The van der Waals surface area contributed by atoms with Crippen molar-refractivity contribution in [2.24, 2.45) is 0 Å². The topological polar surface area (TPSA) is 67.7 Å². The molecule has 2 amide bonds. The number of ether oxygens (including phenoxy) is 1. The fourth-order valence-electron chi connectivity index (χ4n) is 5.35. The fraction of sp³-hybridized carbons (Fsp3) is 0.519. The first kappa shape index (κ1) is 23.9. The zero-order chi connectivity index (χ0) is 24.9. The molecule has 2 aliphatic heterocycles. The van der Waals surface area contributed by atoms with E-state index in [1.54, 1.807) is 9.80 Å². The van der Waals surface area contributed by atoms with Crippen molar-refractivity contribution in [1.82, 2.24) is 19.6 Å². The van der Waals surface area contributed by atoms with Crippen molar-refractivity contribution in [3.05, 3.63) is 58.4 Å². The van der Waals surface area contributed by atoms with Gasteiger partial charge in [-0.05, 0) is 63.3 Å². The molecule has 3 aliphatic rings. The zero-order valence-electron chi connectivity index (χ0n) is 20.7. The van der Waals surface area contributed by atoms with Crippen molar-refractivity contribution in [3.63, 3.8) is 0 Å². The van der Waals surface area contributed by atoms with Gasteiger partial charge in [-0.15, -0.1) is 0 Å². The lowest BCUT2D eigenvalue weighted by atomic mass is 9.80. The van der Waals surface area contributed by atoms with Gasteiger partial charge >= 0.3 is 6.09 Å². The Labute approximate surface area is 211 Å². The van der Waals surface area contributed by atoms with Crippen LogP contribution in [0.25, 0.3) is 5.69 Å². The average Bonchev–Trinajstić information content (AvgIpc) is 3.01. The molecule has 1 fully saturated rings. The molecule has 1 atom stereocenters. The highest BCUT2D eigenvalue weighted by molar-refractivity contribution is 6.32. The van der Waals surface area contributed by atoms with Gasteiger partial charge in [-0.1, -0.05) is 30.7 Å². The lowest BCUT2D eigenvalue weighted by Crippen LogP contribution is -2.47. The summed E-state index contributed by atoms with van der Waals surface area (Å²) in [5.74, 6) is 0.461. The van der Waals surface area contributed by atoms with Gasteiger partial charge in [-0.25, -0.2) is 9.48 Å². The van der Waals surface area contributed by atoms with Crippen LogP contribution >= 0.6 is 11.6 Å². The van der Waals surface area contributed by atoms with Crippen molar-refractivity contribution in [2.45, 2.75) is 70.4 Å². The molecule has 0 spiro atoms. The molecule has 0 N–H and O–H groups in total. The van der Waals surface area contributed by atoms with Crippen molar-refractivity contribution in [2.75, 3.05) is 19.6 Å². The molecule has 35 heavy (non-hydrogen) atoms. The number of carbonyl (C=O) groups excluding carboxylic acids is 2. The molecule has 5 rings (SSSR count). The van der Waals surface area contributed by atoms with Gasteiger partial charge in [-0.2, -0.15) is 5.10 Å². The minimum Gasteiger partial charge on any atom is -0.444 e. The maximum absolute atomic E-state index is 13.2. The van der Waals surface area contributed by atoms with Crippen LogP contribution in [-0.4, -0.2) is 56.8 Å². The zero-order valence-corrected chi connectivity index (χ0v) is 21.5. The second-order valence-electron chi connectivity index (χ2n) is 10.7. The Morgan fingerprint density at radius 1 is 1.20 bits per heavy atom. The lowest BCUT2D eigenvalue weighted by molar-refractivity contribution is -0.126. The van der Waals surface area contributed by atoms with Crippen molar-refractivity contribution < 1.29 is 14.3 Å². The predicted molar refractivity (Wildman–Crippen MR) is 135 cm³/mol. The molecule has 1 aromatic carbocycles. The lowest BCUT2D eigenvalue weighted by Gasteiger charge is -2.38. The first-order valence-corrected chi connectivity index (χ1v) is 12.9. The summed E-state index contributed by atoms with van der Waals surface area (Å²) < 4.78 is 7.69. The molecule has 2 aromatic rings. The highest BCUT2D eigenvalue weighted by Crippen LogP contribution is 2.41. The SMILES string of the molecule is C=CC(=O)N1CCc2nn(-c3ccc(C4CCC4)cc3Cl)c3c2C(C1)N(C(=O)OC(C)(C)C)CC3. The molecule has 7 nitrogen and oxygen atoms in total. The van der Waals surface area contributed by atoms with E-state index in [9.17, 15) is 9.59 Å². The monoisotopic (exact) mass is 496 g/mol. The number of amides is 2. The molecule has 3 heterocycles. The van der Waals surface area contributed by atoms with Crippen LogP contribution in [0.15, 0.2) is 30.9 Å². The summed E-state index contributed by atoms with van der Waals surface area (Å²) in [7, 11) is 0. The van der Waals surface area contributed by atoms with E-state index in [1.165, 1.54) is 30.9 Å². The Morgan fingerprint density at radius 2 is 1.97 bits per heavy atom. The minimum absolute atomic E-state index is 0.145. The molecule has 1 saturated carbocycles. The first-order chi connectivity index (χ1) is 16.7. The smallest absolute Gasteiger partial charge is 0.410 e. The number of benzene rings is 1. The van der Waals surface area contributed by atoms with Crippen LogP contribution in [-0.2, 0) is 22.4 Å². The Morgan fingerprint density at radius 3 is 2.60 bits per heavy atom. The molecule has 0 radical (unpaired) electrons. The van der Waals surface area contributed by atoms with E-state index in [0.29, 0.717) is 43.4 Å². The Kier molecular flexibility index (Phi) is 6.16. The molecule has 8 heteroatoms. The highest BCUT2D eigenvalue weighted by atomic mass is 35.5. The third kappa shape index (κ3) is 4.46. The number of rotatable bonds is 3. The molecule has 186 valence electrons. The van der Waals surface area contributed by atoms with Crippen LogP contribution in [0.2, 0.25) is 5.02 Å². The fourth-order valence-corrected chi connectivity index (χ4v) is 5.62. The average molecular weight is 497 g/mol. The second-order valence-corrected chi connectivity index (χ2v) is 11.1. The number of hydrogen-bond acceptors (Lipinski definition) is 4. The summed E-state index contributed by atoms with van der Waals surface area (Å²) in [6.45, 7) is 10.6. The number of hydrogen-bond donors (Lipinski definition) is 0. The van der Waals surface area contributed by atoms with Gasteiger partial charge in [-0.3, -0.25) is 9.69 Å². The minimum atomic E-state index is -0.610. The van der Waals surface area contributed by atoms with Gasteiger partial charge in [0.25, 0.3) is 0 Å². The van der Waals surface area contributed by atoms with E-state index in [2.05, 4.69) is 24.8 Å². The van der Waals surface area contributed by atoms with E-state index in [4.69, 9.17) is 21.4 Å². The molecule has 0 bridgehead atoms. The van der Waals surface area contributed by atoms with E-state index < -0.39 is 5.60 Å². The van der Waals surface area contributed by atoms with Gasteiger partial charge < -0.3 is 9.64 Å². The van der Waals surface area contributed by atoms with E-state index in [0.717, 1.165) is 22.6 Å². The normalized spacial score (nSPS) is 20.1. The van der Waals surface area contributed by atoms with Crippen molar-refractivity contribution >= 4 is 23.6 Å². The van der Waals surface area contributed by atoms with Crippen molar-refractivity contribution in [3.8, 4) is 5.69 Å². The van der Waals surface area contributed by atoms with E-state index in [-0.39, 0.29) is 18.0 Å². The summed E-state index contributed by atoms with van der Waals surface area (Å²) in [4.78, 5) is 29.2. The second kappa shape index (κ2) is 9.01. The summed E-state index contributed by atoms with van der Waals surface area (Å²) in [6.07, 6.45) is 5.91. The Bertz CT molecular complexity index is 1180. The van der Waals surface area contributed by atoms with Crippen LogP contribution in [0.1, 0.15) is 74.5 Å². The Hall–Kier alpha value is -2.80. The van der Waals surface area contributed by atoms with Crippen molar-refractivity contribution in [1.29, 1.82) is 0 Å². The third-order valence-corrected chi connectivity index (χ3v) is 7.60. The molecule has 1 aromatic heterocycles. The molecule has 1 aliphatic carbocycles. The van der Waals surface area contributed by atoms with Crippen LogP contribution in [0.5, 0.6) is 0 Å². The predicted octanol–water partition coefficient (Wildman–Crippen LogP) is 5.20. The van der Waals surface area contributed by atoms with E-state index in [1.807, 2.05) is 25.5 Å². The first-order valence-electron chi connectivity index (χ1n) is 12.5. The summed E-state index contributed by atoms with van der Waals surface area (Å²) >= 11 is 6.79. The Balaban J connectivity index is 1.55. The molecule has 1 unspecified atom stereocenters. The van der Waals surface area contributed by atoms with Crippen LogP contribution in [0.4, 0.5) is 4.79 Å². The highest BCUT2D eigenvalue weighted by Gasteiger charge is 2.41. The number of halogens is 1. The van der Waals surface area contributed by atoms with Gasteiger partial charge in [0.2, 0.25) is 5.91 Å². The van der Waals surface area contributed by atoms with Gasteiger partial charge in [0.05, 0.1) is 28.1 Å². The van der Waals surface area contributed by atoms with Crippen LogP contribution in [0, 0.1) is 0 Å². The third-order valence-electron chi connectivity index (χ3n) is 7.30. The van der Waals surface area contributed by atoms with Crippen LogP contribution in [0.3, 0.4) is 0 Å². The van der Waals surface area contributed by atoms with Crippen LogP contribution < -0.4 is 0 Å². The summed E-state index contributed by atoms with van der Waals surface area (Å²) in [5, 5.41) is 5.68. The number of carbonyl (C=O) groups is 2. The molecular weight excluding hydrogens is 464 g/mol. The quantitative estimate of drug-likeness (QED) is 0.548. The maximum Gasteiger partial charge on any atom is 0.410 e. The standard InChI is InChI=1S/C27H33ClN4O3/c1-5-24(33)30-13-11-20-25-22(12-14-31(23(25)16-30)26(34)35-27(2,3)4)32(29-20)21-10-9-18(15-19(21)28)17-7-6-8-17/h5,9-10,15,17,23H,1,6-8,11-14,16H2,2-4H3. The van der Waals surface area contributed by atoms with Gasteiger partial charge in [0.1, 0.15) is 5.60 Å². The van der Waals surface area contributed by atoms with E-state index >= 15 is 0 Å². The number of nitrogens with zero attached hydrogens (tertiary/aromatic N) is 4. The number of aromatic nitrogens is 2. The summed E-state index contributed by atoms with van der Waals surface area (Å²) in [5.41, 5.74) is 4.51. The molecular formula is C27H33ClN4O3.